The van der Waals surface area contributed by atoms with Gasteiger partial charge in [-0.05, 0) is 0 Å². The summed E-state index contributed by atoms with van der Waals surface area (Å²) in [5.41, 5.74) is 0. The van der Waals surface area contributed by atoms with Crippen molar-refractivity contribution in [2.75, 3.05) is 0 Å². The van der Waals surface area contributed by atoms with Crippen molar-refractivity contribution >= 4 is 69.8 Å². The van der Waals surface area contributed by atoms with Gasteiger partial charge in [-0.25, -0.2) is 0 Å². The predicted octanol–water partition coefficient (Wildman–Crippen LogP) is -5.80. The van der Waals surface area contributed by atoms with Gasteiger partial charge in [0, 0.05) is 0 Å². The molecule has 0 saturated heterocycles. The summed E-state index contributed by atoms with van der Waals surface area (Å²) in [5, 5.41) is 0. The molecule has 42 valence electrons. The Bertz CT molecular complexity index is 44.0. The van der Waals surface area contributed by atoms with Crippen molar-refractivity contribution in [2.45, 2.75) is 0 Å². The minimum atomic E-state index is -4.61. The second kappa shape index (κ2) is 10.1. The van der Waals surface area contributed by atoms with E-state index < -0.39 is 9.05 Å². The van der Waals surface area contributed by atoms with Crippen molar-refractivity contribution in [3.63, 3.8) is 0 Å². The van der Waals surface area contributed by atoms with Crippen LogP contribution in [0.25, 0.3) is 0 Å². The van der Waals surface area contributed by atoms with E-state index in [0.717, 1.165) is 0 Å². The Balaban J connectivity index is -0.00000000286. The van der Waals surface area contributed by atoms with E-state index in [9.17, 15) is 0 Å². The fraction of sp³-hybridized carbons (Fsp3) is 0. The van der Waals surface area contributed by atoms with Gasteiger partial charge in [-0.15, -0.1) is 0 Å². The first kappa shape index (κ1) is 22.5. The molecule has 0 rings (SSSR count). The van der Waals surface area contributed by atoms with Crippen LogP contribution in [0, 0.1) is 0 Å². The molecule has 0 aromatic rings. The summed E-state index contributed by atoms with van der Waals surface area (Å²) in [6, 6.07) is 0. The molecule has 0 spiro atoms. The Morgan fingerprint density at radius 1 is 1.00 bits per heavy atom. The fourth-order valence-electron chi connectivity index (χ4n) is 0. The summed E-state index contributed by atoms with van der Waals surface area (Å²) in [4.78, 5) is 29.3. The van der Waals surface area contributed by atoms with E-state index in [0.29, 0.717) is 0 Å². The third-order valence-electron chi connectivity index (χ3n) is 0. The molecule has 8 heavy (non-hydrogen) atoms. The normalized spacial score (nSPS) is 7.50. The number of hydrogen-bond acceptors (Lipinski definition) is 4. The van der Waals surface area contributed by atoms with Gasteiger partial charge in [0.05, 0.1) is 0 Å². The van der Waals surface area contributed by atoms with Crippen LogP contribution in [0.1, 0.15) is 7.13 Å². The molecule has 0 unspecified atom stereocenters. The molecule has 0 aliphatic heterocycles. The van der Waals surface area contributed by atoms with Crippen molar-refractivity contribution in [2.24, 2.45) is 0 Å². The first-order valence-electron chi connectivity index (χ1n) is 0.894. The molecule has 0 heterocycles. The minimum absolute atomic E-state index is 0. The molecule has 0 aliphatic carbocycles. The van der Waals surface area contributed by atoms with E-state index in [1.165, 1.54) is 0 Å². The van der Waals surface area contributed by atoms with Crippen LogP contribution in [0.2, 0.25) is 0 Å². The van der Waals surface area contributed by atoms with Gasteiger partial charge in [0.2, 0.25) is 0 Å². The Labute approximate surface area is 124 Å². The monoisotopic (exact) mass is 188 g/mol. The van der Waals surface area contributed by atoms with E-state index >= 15 is 0 Å². The van der Waals surface area contributed by atoms with Crippen molar-refractivity contribution in [1.82, 2.24) is 0 Å². The van der Waals surface area contributed by atoms with Crippen LogP contribution in [0.15, 0.2) is 0 Å². The van der Waals surface area contributed by atoms with Crippen LogP contribution >= 0.6 is 0 Å². The average molecular weight is 189 g/mol. The van der Waals surface area contributed by atoms with Crippen LogP contribution in [-0.2, 0) is 0 Å². The van der Waals surface area contributed by atoms with Gasteiger partial charge < -0.3 is 26.3 Å². The molecule has 0 aliphatic rings. The molecule has 0 radical (unpaired) electrons. The van der Waals surface area contributed by atoms with Gasteiger partial charge in [-0.2, -0.15) is 0 Å². The molecule has 4 N–H and O–H groups in total. The second-order valence-corrected chi connectivity index (χ2v) is 1.80. The average Bonchev–Trinajstić information content (AvgIpc) is 0.722. The smallest absolute Gasteiger partial charge is 1.00 e. The zero-order valence-electron chi connectivity index (χ0n) is 9.70. The maximum Gasteiger partial charge on any atom is 2.00 e. The van der Waals surface area contributed by atoms with Gasteiger partial charge in [0.25, 0.3) is 0 Å². The predicted molar refractivity (Wildman–Crippen MR) is 31.7 cm³/mol. The number of rotatable bonds is 0. The molecule has 8 heteroatoms. The molecule has 0 saturated carbocycles. The van der Waals surface area contributed by atoms with E-state index in [1.54, 1.807) is 0 Å². The maximum atomic E-state index is 7.33. The molecule has 4 nitrogen and oxygen atoms in total. The topological polar surface area (TPSA) is 80.9 Å². The van der Waals surface area contributed by atoms with Gasteiger partial charge in [-0.1, -0.05) is 0 Å². The van der Waals surface area contributed by atoms with Crippen molar-refractivity contribution in [3.8, 4) is 0 Å². The first-order valence-corrected chi connectivity index (χ1v) is 2.68. The number of hydrogen-bond donors (Lipinski definition) is 4. The summed E-state index contributed by atoms with van der Waals surface area (Å²) >= 11 is 0. The van der Waals surface area contributed by atoms with E-state index in [2.05, 4.69) is 0 Å². The Morgan fingerprint density at radius 2 is 1.00 bits per heavy atom. The minimum Gasteiger partial charge on any atom is -1.00 e. The summed E-state index contributed by atoms with van der Waals surface area (Å²) in [6.45, 7) is 0. The molecule has 0 bridgehead atoms. The fourth-order valence-corrected chi connectivity index (χ4v) is 0. The first-order chi connectivity index (χ1) is 2.00. The van der Waals surface area contributed by atoms with Crippen molar-refractivity contribution in [3.05, 3.63) is 0 Å². The third-order valence-corrected chi connectivity index (χ3v) is 0. The maximum absolute atomic E-state index is 7.33. The van der Waals surface area contributed by atoms with Gasteiger partial charge >= 0.3 is 99.4 Å². The van der Waals surface area contributed by atoms with Gasteiger partial charge in [0.1, 0.15) is 0 Å². The molecule has 0 aromatic carbocycles. The van der Waals surface area contributed by atoms with Gasteiger partial charge in [-0.3, -0.25) is 0 Å². The Kier molecular flexibility index (Phi) is 28.3. The van der Waals surface area contributed by atoms with Crippen molar-refractivity contribution < 1.29 is 55.9 Å². The molecule has 0 atom stereocenters. The van der Waals surface area contributed by atoms with Crippen LogP contribution < -0.4 is 29.6 Å². The van der Waals surface area contributed by atoms with Gasteiger partial charge in [0.15, 0.2) is 0 Å². The SMILES string of the molecule is O[Si](O)(O)O.[Ca+2].[H-].[H-].[H-].[H-].[H-].[Mg+2].[Na+]. The summed E-state index contributed by atoms with van der Waals surface area (Å²) < 4.78 is 0. The quantitative estimate of drug-likeness (QED) is 0.286. The Hall–Kier alpha value is 3.08. The van der Waals surface area contributed by atoms with Crippen LogP contribution in [0.3, 0.4) is 0 Å². The molecular formula is H9CaMgNaO4Si. The standard InChI is InChI=1S/Ca.Mg.Na.H4O4Si.5H/c;;;1-5(2,3)4;;;;;/h;;;1-4H;;;;;/q2*+2;+1;;5*-1. The van der Waals surface area contributed by atoms with E-state index in [1.807, 2.05) is 0 Å². The van der Waals surface area contributed by atoms with Crippen LogP contribution in [0.5, 0.6) is 0 Å². The second-order valence-electron chi connectivity index (χ2n) is 0.600. The largest absolute Gasteiger partial charge is 2.00 e. The third kappa shape index (κ3) is 62.4. The summed E-state index contributed by atoms with van der Waals surface area (Å²) in [6.07, 6.45) is 0. The van der Waals surface area contributed by atoms with E-state index in [4.69, 9.17) is 19.2 Å². The molecular weight excluding hydrogens is 179 g/mol. The zero-order valence-corrected chi connectivity index (χ0v) is 11.3. The van der Waals surface area contributed by atoms with E-state index in [-0.39, 0.29) is 97.5 Å². The van der Waals surface area contributed by atoms with Crippen LogP contribution in [0.4, 0.5) is 0 Å². The van der Waals surface area contributed by atoms with Crippen LogP contribution in [-0.4, -0.2) is 89.0 Å². The summed E-state index contributed by atoms with van der Waals surface area (Å²) in [5.74, 6) is 0. The molecule has 0 amide bonds. The van der Waals surface area contributed by atoms with Crippen molar-refractivity contribution in [1.29, 1.82) is 0 Å². The molecule has 0 fully saturated rings. The zero-order chi connectivity index (χ0) is 4.50. The summed E-state index contributed by atoms with van der Waals surface area (Å²) in [7, 11) is -4.61. The molecule has 0 aromatic heterocycles. The Morgan fingerprint density at radius 3 is 1.00 bits per heavy atom.